The first kappa shape index (κ1) is 12.6. The minimum absolute atomic E-state index is 0.316. The van der Waals surface area contributed by atoms with Crippen LogP contribution in [0.15, 0.2) is 41.8 Å². The molecule has 1 N–H and O–H groups in total. The van der Waals surface area contributed by atoms with Gasteiger partial charge >= 0.3 is 5.97 Å². The Kier molecular flexibility index (Phi) is 3.12. The number of thiophene rings is 1. The van der Waals surface area contributed by atoms with E-state index in [-0.39, 0.29) is 0 Å². The number of rotatable bonds is 3. The summed E-state index contributed by atoms with van der Waals surface area (Å²) in [6, 6.07) is 11.2. The minimum atomic E-state index is -0.910. The standard InChI is InChI=1S/C15H11NO3S/c1-19-11-3-5-12-9(6-11)2-4-13(16-12)10-7-14(15(17)18)20-8-10/h2-8H,1H3,(H,17,18). The van der Waals surface area contributed by atoms with E-state index in [1.54, 1.807) is 18.6 Å². The number of carboxylic acids is 1. The first-order valence-electron chi connectivity index (χ1n) is 5.94. The van der Waals surface area contributed by atoms with Gasteiger partial charge in [0.15, 0.2) is 0 Å². The van der Waals surface area contributed by atoms with Gasteiger partial charge in [-0.3, -0.25) is 0 Å². The van der Waals surface area contributed by atoms with Gasteiger partial charge in [0, 0.05) is 16.3 Å². The summed E-state index contributed by atoms with van der Waals surface area (Å²) in [5, 5.41) is 11.7. The Morgan fingerprint density at radius 1 is 1.25 bits per heavy atom. The maximum Gasteiger partial charge on any atom is 0.345 e. The minimum Gasteiger partial charge on any atom is -0.497 e. The second kappa shape index (κ2) is 4.94. The largest absolute Gasteiger partial charge is 0.497 e. The molecule has 0 unspecified atom stereocenters. The van der Waals surface area contributed by atoms with E-state index in [1.165, 1.54) is 11.3 Å². The predicted molar refractivity (Wildman–Crippen MR) is 78.6 cm³/mol. The fraction of sp³-hybridized carbons (Fsp3) is 0.0667. The van der Waals surface area contributed by atoms with Crippen molar-refractivity contribution >= 4 is 28.2 Å². The lowest BCUT2D eigenvalue weighted by atomic mass is 10.1. The zero-order valence-electron chi connectivity index (χ0n) is 10.7. The number of nitrogens with zero attached hydrogens (tertiary/aromatic N) is 1. The Labute approximate surface area is 119 Å². The molecule has 0 amide bonds. The van der Waals surface area contributed by atoms with Crippen molar-refractivity contribution in [2.75, 3.05) is 7.11 Å². The van der Waals surface area contributed by atoms with Gasteiger partial charge in [0.05, 0.1) is 18.3 Å². The third kappa shape index (κ3) is 2.23. The number of benzene rings is 1. The lowest BCUT2D eigenvalue weighted by molar-refractivity contribution is 0.0702. The molecule has 0 atom stereocenters. The Morgan fingerprint density at radius 3 is 2.80 bits per heavy atom. The van der Waals surface area contributed by atoms with Crippen LogP contribution in [0.25, 0.3) is 22.2 Å². The number of hydrogen-bond donors (Lipinski definition) is 1. The number of carbonyl (C=O) groups is 1. The molecule has 0 bridgehead atoms. The normalized spacial score (nSPS) is 10.7. The molecule has 2 aromatic heterocycles. The number of aromatic carboxylic acids is 1. The molecule has 3 rings (SSSR count). The van der Waals surface area contributed by atoms with Crippen LogP contribution in [0.3, 0.4) is 0 Å². The van der Waals surface area contributed by atoms with Crippen LogP contribution in [0.5, 0.6) is 5.75 Å². The average molecular weight is 285 g/mol. The third-order valence-electron chi connectivity index (χ3n) is 3.00. The van der Waals surface area contributed by atoms with E-state index in [2.05, 4.69) is 4.98 Å². The van der Waals surface area contributed by atoms with Crippen LogP contribution in [0, 0.1) is 0 Å². The lowest BCUT2D eigenvalue weighted by Crippen LogP contribution is -1.90. The Balaban J connectivity index is 2.05. The van der Waals surface area contributed by atoms with Crippen LogP contribution < -0.4 is 4.74 Å². The molecule has 2 heterocycles. The molecule has 20 heavy (non-hydrogen) atoms. The maximum absolute atomic E-state index is 10.9. The molecular weight excluding hydrogens is 274 g/mol. The van der Waals surface area contributed by atoms with Gasteiger partial charge in [-0.2, -0.15) is 0 Å². The van der Waals surface area contributed by atoms with Gasteiger partial charge in [-0.25, -0.2) is 9.78 Å². The third-order valence-corrected chi connectivity index (χ3v) is 3.92. The van der Waals surface area contributed by atoms with Crippen molar-refractivity contribution in [2.45, 2.75) is 0 Å². The van der Waals surface area contributed by atoms with Gasteiger partial charge in [-0.1, -0.05) is 6.07 Å². The Morgan fingerprint density at radius 2 is 2.10 bits per heavy atom. The molecule has 0 aliphatic rings. The predicted octanol–water partition coefficient (Wildman–Crippen LogP) is 3.67. The van der Waals surface area contributed by atoms with E-state index in [0.29, 0.717) is 4.88 Å². The molecule has 1 aromatic carbocycles. The van der Waals surface area contributed by atoms with Crippen LogP contribution in [-0.4, -0.2) is 23.2 Å². The van der Waals surface area contributed by atoms with Gasteiger partial charge in [-0.15, -0.1) is 11.3 Å². The summed E-state index contributed by atoms with van der Waals surface area (Å²) in [6.07, 6.45) is 0. The van der Waals surface area contributed by atoms with E-state index in [1.807, 2.05) is 30.3 Å². The van der Waals surface area contributed by atoms with E-state index >= 15 is 0 Å². The average Bonchev–Trinajstić information content (AvgIpc) is 2.96. The number of ether oxygens (including phenoxy) is 1. The zero-order chi connectivity index (χ0) is 14.1. The number of carboxylic acid groups (broad SMARTS) is 1. The molecule has 0 aliphatic heterocycles. The van der Waals surface area contributed by atoms with Crippen molar-refractivity contribution in [3.63, 3.8) is 0 Å². The van der Waals surface area contributed by atoms with Crippen molar-refractivity contribution in [2.24, 2.45) is 0 Å². The molecule has 4 nitrogen and oxygen atoms in total. The highest BCUT2D eigenvalue weighted by Gasteiger charge is 2.09. The summed E-state index contributed by atoms with van der Waals surface area (Å²) in [4.78, 5) is 15.8. The molecule has 0 saturated heterocycles. The second-order valence-corrected chi connectivity index (χ2v) is 5.17. The summed E-state index contributed by atoms with van der Waals surface area (Å²) in [5.41, 5.74) is 2.45. The van der Waals surface area contributed by atoms with Crippen molar-refractivity contribution in [3.8, 4) is 17.0 Å². The first-order valence-corrected chi connectivity index (χ1v) is 6.82. The summed E-state index contributed by atoms with van der Waals surface area (Å²) < 4.78 is 5.18. The number of aromatic nitrogens is 1. The van der Waals surface area contributed by atoms with Crippen LogP contribution in [0.4, 0.5) is 0 Å². The van der Waals surface area contributed by atoms with Crippen molar-refractivity contribution in [3.05, 3.63) is 46.7 Å². The Hall–Kier alpha value is -2.40. The molecule has 0 spiro atoms. The van der Waals surface area contributed by atoms with Gasteiger partial charge < -0.3 is 9.84 Å². The van der Waals surface area contributed by atoms with E-state index in [9.17, 15) is 4.79 Å². The first-order chi connectivity index (χ1) is 9.67. The van der Waals surface area contributed by atoms with Gasteiger partial charge in [-0.05, 0) is 30.3 Å². The second-order valence-electron chi connectivity index (χ2n) is 4.26. The van der Waals surface area contributed by atoms with Crippen molar-refractivity contribution in [1.29, 1.82) is 0 Å². The summed E-state index contributed by atoms with van der Waals surface area (Å²) >= 11 is 1.20. The van der Waals surface area contributed by atoms with E-state index < -0.39 is 5.97 Å². The maximum atomic E-state index is 10.9. The molecule has 0 fully saturated rings. The summed E-state index contributed by atoms with van der Waals surface area (Å²) in [5.74, 6) is -0.123. The molecular formula is C15H11NO3S. The smallest absolute Gasteiger partial charge is 0.345 e. The number of fused-ring (bicyclic) bond motifs is 1. The lowest BCUT2D eigenvalue weighted by Gasteiger charge is -2.03. The van der Waals surface area contributed by atoms with Crippen LogP contribution in [-0.2, 0) is 0 Å². The van der Waals surface area contributed by atoms with E-state index in [0.717, 1.165) is 27.9 Å². The topological polar surface area (TPSA) is 59.4 Å². The molecule has 0 radical (unpaired) electrons. The van der Waals surface area contributed by atoms with E-state index in [4.69, 9.17) is 9.84 Å². The van der Waals surface area contributed by atoms with Crippen molar-refractivity contribution < 1.29 is 14.6 Å². The van der Waals surface area contributed by atoms with Crippen LogP contribution in [0.1, 0.15) is 9.67 Å². The molecule has 100 valence electrons. The van der Waals surface area contributed by atoms with Crippen LogP contribution in [0.2, 0.25) is 0 Å². The monoisotopic (exact) mass is 285 g/mol. The zero-order valence-corrected chi connectivity index (χ0v) is 11.5. The Bertz CT molecular complexity index is 795. The fourth-order valence-electron chi connectivity index (χ4n) is 1.97. The number of pyridine rings is 1. The number of methoxy groups -OCH3 is 1. The van der Waals surface area contributed by atoms with Gasteiger partial charge in [0.25, 0.3) is 0 Å². The molecule has 3 aromatic rings. The SMILES string of the molecule is COc1ccc2nc(-c3csc(C(=O)O)c3)ccc2c1. The summed E-state index contributed by atoms with van der Waals surface area (Å²) in [6.45, 7) is 0. The highest BCUT2D eigenvalue weighted by molar-refractivity contribution is 7.12. The molecule has 0 saturated carbocycles. The summed E-state index contributed by atoms with van der Waals surface area (Å²) in [7, 11) is 1.63. The highest BCUT2D eigenvalue weighted by atomic mass is 32.1. The van der Waals surface area contributed by atoms with Gasteiger partial charge in [0.2, 0.25) is 0 Å². The number of hydrogen-bond acceptors (Lipinski definition) is 4. The quantitative estimate of drug-likeness (QED) is 0.797. The van der Waals surface area contributed by atoms with Crippen molar-refractivity contribution in [1.82, 2.24) is 4.98 Å². The van der Waals surface area contributed by atoms with Gasteiger partial charge in [0.1, 0.15) is 10.6 Å². The van der Waals surface area contributed by atoms with Crippen LogP contribution >= 0.6 is 11.3 Å². The fourth-order valence-corrected chi connectivity index (χ4v) is 2.71. The highest BCUT2D eigenvalue weighted by Crippen LogP contribution is 2.27. The molecule has 5 heteroatoms. The molecule has 0 aliphatic carbocycles.